The minimum absolute atomic E-state index is 0.272. The van der Waals surface area contributed by atoms with Crippen molar-refractivity contribution in [1.29, 1.82) is 0 Å². The van der Waals surface area contributed by atoms with E-state index < -0.39 is 0 Å². The number of allylic oxidation sites excluding steroid dienone is 4. The quantitative estimate of drug-likeness (QED) is 0.533. The van der Waals surface area contributed by atoms with Crippen LogP contribution < -0.4 is 0 Å². The van der Waals surface area contributed by atoms with Gasteiger partial charge in [-0.05, 0) is 52.5 Å². The highest BCUT2D eigenvalue weighted by molar-refractivity contribution is 6.05. The maximum Gasteiger partial charge on any atom is 0.340 e. The monoisotopic (exact) mass is 325 g/mol. The van der Waals surface area contributed by atoms with Crippen LogP contribution in [0.5, 0.6) is 0 Å². The van der Waals surface area contributed by atoms with Crippen LogP contribution in [-0.2, 0) is 11.2 Å². The van der Waals surface area contributed by atoms with Gasteiger partial charge >= 0.3 is 5.97 Å². The van der Waals surface area contributed by atoms with E-state index in [9.17, 15) is 4.79 Å². The third kappa shape index (κ3) is 4.60. The summed E-state index contributed by atoms with van der Waals surface area (Å²) < 4.78 is 4.97. The summed E-state index contributed by atoms with van der Waals surface area (Å²) >= 11 is 0. The molecular weight excluding hydrogens is 298 g/mol. The molecule has 24 heavy (non-hydrogen) atoms. The van der Waals surface area contributed by atoms with E-state index in [2.05, 4.69) is 37.9 Å². The van der Waals surface area contributed by atoms with Gasteiger partial charge in [-0.2, -0.15) is 0 Å². The van der Waals surface area contributed by atoms with Gasteiger partial charge in [0.2, 0.25) is 0 Å². The Balaban J connectivity index is 2.09. The van der Waals surface area contributed by atoms with Gasteiger partial charge in [-0.1, -0.05) is 41.5 Å². The first kappa shape index (κ1) is 18.1. The van der Waals surface area contributed by atoms with Crippen LogP contribution in [0.25, 0.3) is 10.9 Å². The van der Waals surface area contributed by atoms with Gasteiger partial charge in [0, 0.05) is 16.6 Å². The van der Waals surface area contributed by atoms with Crippen molar-refractivity contribution in [2.24, 2.45) is 0 Å². The number of rotatable bonds is 7. The van der Waals surface area contributed by atoms with Crippen molar-refractivity contribution in [3.8, 4) is 0 Å². The molecule has 1 N–H and O–H groups in total. The summed E-state index contributed by atoms with van der Waals surface area (Å²) in [5.41, 5.74) is 5.36. The number of carbonyl (C=O) groups excluding carboxylic acids is 1. The summed E-state index contributed by atoms with van der Waals surface area (Å²) in [6, 6.07) is 7.87. The number of nitrogens with one attached hydrogen (secondary N) is 1. The average molecular weight is 325 g/mol. The first-order chi connectivity index (χ1) is 11.5. The number of ether oxygens (including phenoxy) is 1. The van der Waals surface area contributed by atoms with Crippen LogP contribution in [0.4, 0.5) is 0 Å². The number of fused-ring (bicyclic) bond motifs is 1. The summed E-state index contributed by atoms with van der Waals surface area (Å²) in [4.78, 5) is 15.5. The second kappa shape index (κ2) is 8.53. The molecule has 0 aliphatic heterocycles. The van der Waals surface area contributed by atoms with E-state index in [0.29, 0.717) is 5.56 Å². The Morgan fingerprint density at radius 2 is 1.88 bits per heavy atom. The smallest absolute Gasteiger partial charge is 0.340 e. The molecule has 0 aliphatic rings. The number of para-hydroxylation sites is 1. The lowest BCUT2D eigenvalue weighted by atomic mass is 10.1. The molecule has 128 valence electrons. The van der Waals surface area contributed by atoms with Crippen molar-refractivity contribution >= 4 is 16.9 Å². The van der Waals surface area contributed by atoms with E-state index in [1.807, 2.05) is 24.3 Å². The van der Waals surface area contributed by atoms with Crippen molar-refractivity contribution < 1.29 is 9.53 Å². The Morgan fingerprint density at radius 1 is 1.12 bits per heavy atom. The molecule has 0 amide bonds. The van der Waals surface area contributed by atoms with Gasteiger partial charge in [-0.3, -0.25) is 0 Å². The Morgan fingerprint density at radius 3 is 2.58 bits per heavy atom. The molecule has 1 aromatic carbocycles. The molecule has 1 aromatic heterocycles. The molecule has 3 heteroatoms. The van der Waals surface area contributed by atoms with E-state index in [0.717, 1.165) is 42.3 Å². The van der Waals surface area contributed by atoms with Gasteiger partial charge in [-0.15, -0.1) is 0 Å². The Bertz CT molecular complexity index is 761. The fraction of sp³-hybridized carbons (Fsp3) is 0.381. The molecule has 0 fully saturated rings. The van der Waals surface area contributed by atoms with Gasteiger partial charge in [0.05, 0.1) is 12.7 Å². The highest BCUT2D eigenvalue weighted by Crippen LogP contribution is 2.24. The van der Waals surface area contributed by atoms with Crippen LogP contribution >= 0.6 is 0 Å². The number of aryl methyl sites for hydroxylation is 1. The van der Waals surface area contributed by atoms with Crippen molar-refractivity contribution in [1.82, 2.24) is 4.98 Å². The second-order valence-electron chi connectivity index (χ2n) is 6.43. The van der Waals surface area contributed by atoms with Gasteiger partial charge in [0.1, 0.15) is 0 Å². The average Bonchev–Trinajstić information content (AvgIpc) is 2.92. The van der Waals surface area contributed by atoms with E-state index in [1.165, 1.54) is 18.3 Å². The first-order valence-corrected chi connectivity index (χ1v) is 8.49. The highest BCUT2D eigenvalue weighted by atomic mass is 16.5. The Hall–Kier alpha value is -2.29. The molecular formula is C21H27NO2. The molecule has 2 rings (SSSR count). The van der Waals surface area contributed by atoms with Crippen LogP contribution in [0.3, 0.4) is 0 Å². The van der Waals surface area contributed by atoms with Gasteiger partial charge in [0.15, 0.2) is 0 Å². The molecule has 0 unspecified atom stereocenters. The maximum atomic E-state index is 12.1. The predicted octanol–water partition coefficient (Wildman–Crippen LogP) is 5.58. The van der Waals surface area contributed by atoms with Crippen molar-refractivity contribution in [2.45, 2.75) is 46.5 Å². The zero-order chi connectivity index (χ0) is 17.5. The van der Waals surface area contributed by atoms with E-state index >= 15 is 0 Å². The number of methoxy groups -OCH3 is 1. The fourth-order valence-corrected chi connectivity index (χ4v) is 2.87. The van der Waals surface area contributed by atoms with Crippen molar-refractivity contribution in [2.75, 3.05) is 7.11 Å². The van der Waals surface area contributed by atoms with Crippen LogP contribution in [0, 0.1) is 0 Å². The standard InChI is InChI=1S/C21H27NO2/c1-15(2)9-7-10-16(3)11-8-14-19-20(21(23)24-4)17-12-5-6-13-18(17)22-19/h5-6,9,11-13,22H,7-8,10,14H2,1-4H3/b16-11+. The zero-order valence-electron chi connectivity index (χ0n) is 15.1. The molecule has 0 spiro atoms. The van der Waals surface area contributed by atoms with Crippen molar-refractivity contribution in [3.05, 3.63) is 58.8 Å². The molecule has 1 heterocycles. The lowest BCUT2D eigenvalue weighted by Gasteiger charge is -2.03. The summed E-state index contributed by atoms with van der Waals surface area (Å²) in [7, 11) is 1.43. The third-order valence-electron chi connectivity index (χ3n) is 4.15. The Kier molecular flexibility index (Phi) is 6.42. The number of hydrogen-bond donors (Lipinski definition) is 1. The van der Waals surface area contributed by atoms with E-state index in [-0.39, 0.29) is 5.97 Å². The largest absolute Gasteiger partial charge is 0.465 e. The van der Waals surface area contributed by atoms with Gasteiger partial charge in [-0.25, -0.2) is 4.79 Å². The summed E-state index contributed by atoms with van der Waals surface area (Å²) in [5, 5.41) is 0.934. The normalized spacial score (nSPS) is 11.6. The summed E-state index contributed by atoms with van der Waals surface area (Å²) in [6.45, 7) is 6.43. The molecule has 2 aromatic rings. The number of aromatic amines is 1. The first-order valence-electron chi connectivity index (χ1n) is 8.49. The molecule has 0 saturated heterocycles. The van der Waals surface area contributed by atoms with E-state index in [1.54, 1.807) is 0 Å². The molecule has 0 bridgehead atoms. The SMILES string of the molecule is COC(=O)c1c(CC/C=C(\C)CCC=C(C)C)[nH]c2ccccc12. The number of H-pyrrole nitrogens is 1. The second-order valence-corrected chi connectivity index (χ2v) is 6.43. The molecule has 0 radical (unpaired) electrons. The van der Waals surface area contributed by atoms with Gasteiger partial charge < -0.3 is 9.72 Å². The van der Waals surface area contributed by atoms with Crippen LogP contribution in [0.15, 0.2) is 47.6 Å². The summed E-state index contributed by atoms with van der Waals surface area (Å²) in [6.07, 6.45) is 8.43. The number of carbonyl (C=O) groups is 1. The number of benzene rings is 1. The fourth-order valence-electron chi connectivity index (χ4n) is 2.87. The minimum atomic E-state index is -0.272. The lowest BCUT2D eigenvalue weighted by molar-refractivity contribution is 0.0602. The lowest BCUT2D eigenvalue weighted by Crippen LogP contribution is -2.04. The zero-order valence-corrected chi connectivity index (χ0v) is 15.1. The maximum absolute atomic E-state index is 12.1. The van der Waals surface area contributed by atoms with Crippen LogP contribution in [0.1, 0.15) is 56.1 Å². The van der Waals surface area contributed by atoms with Gasteiger partial charge in [0.25, 0.3) is 0 Å². The third-order valence-corrected chi connectivity index (χ3v) is 4.15. The molecule has 0 aliphatic carbocycles. The molecule has 0 saturated carbocycles. The number of esters is 1. The number of aromatic nitrogens is 1. The number of hydrogen-bond acceptors (Lipinski definition) is 2. The Labute approximate surface area is 144 Å². The van der Waals surface area contributed by atoms with Crippen molar-refractivity contribution in [3.63, 3.8) is 0 Å². The minimum Gasteiger partial charge on any atom is -0.465 e. The van der Waals surface area contributed by atoms with Crippen LogP contribution in [-0.4, -0.2) is 18.1 Å². The molecule has 3 nitrogen and oxygen atoms in total. The summed E-state index contributed by atoms with van der Waals surface area (Å²) in [5.74, 6) is -0.272. The topological polar surface area (TPSA) is 42.1 Å². The highest BCUT2D eigenvalue weighted by Gasteiger charge is 2.18. The van der Waals surface area contributed by atoms with E-state index in [4.69, 9.17) is 4.74 Å². The molecule has 0 atom stereocenters. The predicted molar refractivity (Wildman–Crippen MR) is 100 cm³/mol. The van der Waals surface area contributed by atoms with Crippen LogP contribution in [0.2, 0.25) is 0 Å².